The third-order valence-corrected chi connectivity index (χ3v) is 6.37. The molecule has 0 unspecified atom stereocenters. The highest BCUT2D eigenvalue weighted by Crippen LogP contribution is 2.25. The van der Waals surface area contributed by atoms with Gasteiger partial charge in [0.05, 0.1) is 4.90 Å². The Balaban J connectivity index is 2.42. The summed E-state index contributed by atoms with van der Waals surface area (Å²) in [6.45, 7) is 1.78. The Labute approximate surface area is 114 Å². The number of rotatable bonds is 2. The minimum atomic E-state index is -3.78. The van der Waals surface area contributed by atoms with E-state index < -0.39 is 26.6 Å². The second-order valence-corrected chi connectivity index (χ2v) is 7.98. The molecule has 8 heteroatoms. The van der Waals surface area contributed by atoms with E-state index in [-0.39, 0.29) is 29.2 Å². The van der Waals surface area contributed by atoms with Crippen molar-refractivity contribution in [2.75, 3.05) is 30.3 Å². The Morgan fingerprint density at radius 3 is 2.47 bits per heavy atom. The van der Waals surface area contributed by atoms with Gasteiger partial charge < -0.3 is 5.73 Å². The number of nitrogens with two attached hydrogens (primary N) is 1. The summed E-state index contributed by atoms with van der Waals surface area (Å²) < 4.78 is 50.9. The van der Waals surface area contributed by atoms with Gasteiger partial charge in [0.2, 0.25) is 10.0 Å². The maximum Gasteiger partial charge on any atom is 0.243 e. The monoisotopic (exact) mass is 306 g/mol. The van der Waals surface area contributed by atoms with Gasteiger partial charge in [-0.1, -0.05) is 0 Å². The molecule has 2 rings (SSSR count). The first kappa shape index (κ1) is 14.4. The van der Waals surface area contributed by atoms with Crippen LogP contribution in [0.15, 0.2) is 17.0 Å². The zero-order chi connectivity index (χ0) is 14.2. The topological polar surface area (TPSA) is 80.5 Å². The Bertz CT molecular complexity index is 621. The molecular formula is C11H15FN2O3S2. The zero-order valence-electron chi connectivity index (χ0n) is 10.4. The molecule has 0 atom stereocenters. The summed E-state index contributed by atoms with van der Waals surface area (Å²) in [5.74, 6) is -0.0225. The van der Waals surface area contributed by atoms with E-state index in [1.165, 1.54) is 17.3 Å². The van der Waals surface area contributed by atoms with Crippen molar-refractivity contribution in [2.45, 2.75) is 11.8 Å². The third-order valence-electron chi connectivity index (χ3n) is 3.07. The molecule has 1 aliphatic rings. The average Bonchev–Trinajstić information content (AvgIpc) is 2.34. The molecule has 0 aromatic heterocycles. The van der Waals surface area contributed by atoms with E-state index >= 15 is 0 Å². The van der Waals surface area contributed by atoms with Crippen molar-refractivity contribution in [1.29, 1.82) is 0 Å². The zero-order valence-corrected chi connectivity index (χ0v) is 12.1. The first-order valence-electron chi connectivity index (χ1n) is 5.73. The molecule has 1 aromatic carbocycles. The van der Waals surface area contributed by atoms with Crippen LogP contribution in [0.3, 0.4) is 0 Å². The first-order chi connectivity index (χ1) is 8.82. The van der Waals surface area contributed by atoms with Gasteiger partial charge in [-0.2, -0.15) is 4.31 Å². The molecule has 0 saturated carbocycles. The Kier molecular flexibility index (Phi) is 3.93. The Hall–Kier alpha value is -0.990. The number of hydrogen-bond donors (Lipinski definition) is 1. The molecule has 1 heterocycles. The normalized spacial score (nSPS) is 18.6. The molecule has 19 heavy (non-hydrogen) atoms. The number of hydrogen-bond acceptors (Lipinski definition) is 4. The van der Waals surface area contributed by atoms with Gasteiger partial charge in [0, 0.05) is 46.6 Å². The van der Waals surface area contributed by atoms with Crippen LogP contribution in [0, 0.1) is 12.7 Å². The fourth-order valence-electron chi connectivity index (χ4n) is 1.94. The van der Waals surface area contributed by atoms with E-state index in [0.717, 1.165) is 6.07 Å². The lowest BCUT2D eigenvalue weighted by atomic mass is 10.2. The summed E-state index contributed by atoms with van der Waals surface area (Å²) in [5, 5.41) is 0. The molecule has 0 amide bonds. The fourth-order valence-corrected chi connectivity index (χ4v) is 4.94. The third kappa shape index (κ3) is 2.80. The molecule has 0 radical (unpaired) electrons. The van der Waals surface area contributed by atoms with E-state index in [0.29, 0.717) is 11.5 Å². The molecule has 106 valence electrons. The van der Waals surface area contributed by atoms with Crippen LogP contribution in [-0.2, 0) is 20.8 Å². The van der Waals surface area contributed by atoms with Gasteiger partial charge in [0.25, 0.3) is 0 Å². The average molecular weight is 306 g/mol. The van der Waals surface area contributed by atoms with E-state index in [4.69, 9.17) is 5.73 Å². The molecule has 1 saturated heterocycles. The van der Waals surface area contributed by atoms with Crippen molar-refractivity contribution in [2.24, 2.45) is 0 Å². The molecule has 0 aliphatic carbocycles. The van der Waals surface area contributed by atoms with Crippen molar-refractivity contribution in [1.82, 2.24) is 4.31 Å². The van der Waals surface area contributed by atoms with Crippen molar-refractivity contribution in [3.05, 3.63) is 23.5 Å². The van der Waals surface area contributed by atoms with Gasteiger partial charge in [-0.15, -0.1) is 0 Å². The van der Waals surface area contributed by atoms with Crippen LogP contribution in [0.1, 0.15) is 5.56 Å². The predicted octanol–water partition coefficient (Wildman–Crippen LogP) is 0.469. The summed E-state index contributed by atoms with van der Waals surface area (Å²) in [6.07, 6.45) is 0. The summed E-state index contributed by atoms with van der Waals surface area (Å²) in [6, 6.07) is 2.36. The van der Waals surface area contributed by atoms with Crippen LogP contribution in [0.5, 0.6) is 0 Å². The van der Waals surface area contributed by atoms with Crippen LogP contribution in [-0.4, -0.2) is 41.5 Å². The van der Waals surface area contributed by atoms with Crippen molar-refractivity contribution < 1.29 is 17.0 Å². The van der Waals surface area contributed by atoms with Gasteiger partial charge in [0.1, 0.15) is 5.82 Å². The van der Waals surface area contributed by atoms with Gasteiger partial charge in [-0.3, -0.25) is 4.21 Å². The first-order valence-corrected chi connectivity index (χ1v) is 8.66. The quantitative estimate of drug-likeness (QED) is 0.805. The van der Waals surface area contributed by atoms with Crippen LogP contribution >= 0.6 is 0 Å². The summed E-state index contributed by atoms with van der Waals surface area (Å²) in [5.41, 5.74) is 5.63. The standard InChI is InChI=1S/C11H15FN2O3S2/c1-8-10(12)6-9(13)7-11(8)19(16,17)14-2-4-18(15)5-3-14/h6-7H,2-5,13H2,1H3. The molecular weight excluding hydrogens is 291 g/mol. The van der Waals surface area contributed by atoms with E-state index in [1.54, 1.807) is 0 Å². The van der Waals surface area contributed by atoms with Crippen LogP contribution in [0.4, 0.5) is 10.1 Å². The molecule has 5 nitrogen and oxygen atoms in total. The van der Waals surface area contributed by atoms with Gasteiger partial charge >= 0.3 is 0 Å². The number of benzene rings is 1. The van der Waals surface area contributed by atoms with E-state index in [9.17, 15) is 17.0 Å². The van der Waals surface area contributed by atoms with Gasteiger partial charge in [0.15, 0.2) is 0 Å². The second-order valence-electron chi connectivity index (χ2n) is 4.38. The number of halogens is 1. The molecule has 2 N–H and O–H groups in total. The minimum absolute atomic E-state index is 0.0564. The number of nitrogen functional groups attached to an aromatic ring is 1. The lowest BCUT2D eigenvalue weighted by Gasteiger charge is -2.26. The van der Waals surface area contributed by atoms with Gasteiger partial charge in [-0.25, -0.2) is 12.8 Å². The number of nitrogens with zero attached hydrogens (tertiary/aromatic N) is 1. The number of sulfonamides is 1. The molecule has 0 spiro atoms. The summed E-state index contributed by atoms with van der Waals surface area (Å²) >= 11 is 0. The highest BCUT2D eigenvalue weighted by Gasteiger charge is 2.30. The lowest BCUT2D eigenvalue weighted by molar-refractivity contribution is 0.437. The van der Waals surface area contributed by atoms with Crippen LogP contribution < -0.4 is 5.73 Å². The Morgan fingerprint density at radius 2 is 1.89 bits per heavy atom. The van der Waals surface area contributed by atoms with E-state index in [1.807, 2.05) is 0 Å². The maximum atomic E-state index is 13.6. The second kappa shape index (κ2) is 5.18. The Morgan fingerprint density at radius 1 is 1.32 bits per heavy atom. The van der Waals surface area contributed by atoms with Crippen LogP contribution in [0.2, 0.25) is 0 Å². The highest BCUT2D eigenvalue weighted by molar-refractivity contribution is 7.89. The van der Waals surface area contributed by atoms with Crippen molar-refractivity contribution in [3.63, 3.8) is 0 Å². The molecule has 1 aromatic rings. The smallest absolute Gasteiger partial charge is 0.243 e. The highest BCUT2D eigenvalue weighted by atomic mass is 32.2. The van der Waals surface area contributed by atoms with Crippen LogP contribution in [0.25, 0.3) is 0 Å². The van der Waals surface area contributed by atoms with E-state index in [2.05, 4.69) is 0 Å². The largest absolute Gasteiger partial charge is 0.399 e. The predicted molar refractivity (Wildman–Crippen MR) is 72.2 cm³/mol. The fraction of sp³-hybridized carbons (Fsp3) is 0.455. The molecule has 1 aliphatic heterocycles. The summed E-state index contributed by atoms with van der Waals surface area (Å²) in [7, 11) is -4.75. The molecule has 1 fully saturated rings. The minimum Gasteiger partial charge on any atom is -0.399 e. The SMILES string of the molecule is Cc1c(F)cc(N)cc1S(=O)(=O)N1CCS(=O)CC1. The van der Waals surface area contributed by atoms with Crippen molar-refractivity contribution >= 4 is 26.5 Å². The summed E-state index contributed by atoms with van der Waals surface area (Å²) in [4.78, 5) is -0.113. The number of anilines is 1. The lowest BCUT2D eigenvalue weighted by Crippen LogP contribution is -2.42. The maximum absolute atomic E-state index is 13.6. The van der Waals surface area contributed by atoms with Gasteiger partial charge in [-0.05, 0) is 19.1 Å². The molecule has 0 bridgehead atoms. The van der Waals surface area contributed by atoms with Crippen molar-refractivity contribution in [3.8, 4) is 0 Å².